The van der Waals surface area contributed by atoms with Crippen molar-refractivity contribution in [1.29, 1.82) is 5.26 Å². The second-order valence-corrected chi connectivity index (χ2v) is 5.55. The second kappa shape index (κ2) is 8.09. The van der Waals surface area contributed by atoms with Crippen LogP contribution in [0.25, 0.3) is 0 Å². The summed E-state index contributed by atoms with van der Waals surface area (Å²) in [6.45, 7) is 1.31. The van der Waals surface area contributed by atoms with Gasteiger partial charge in [0.05, 0.1) is 16.2 Å². The van der Waals surface area contributed by atoms with Gasteiger partial charge in [0.15, 0.2) is 6.10 Å². The number of benzene rings is 2. The number of amides is 1. The molecule has 0 radical (unpaired) electrons. The topological polar surface area (TPSA) is 122 Å². The summed E-state index contributed by atoms with van der Waals surface area (Å²) in [7, 11) is 0. The van der Waals surface area contributed by atoms with Crippen LogP contribution in [0.5, 0.6) is 0 Å². The van der Waals surface area contributed by atoms with E-state index in [0.29, 0.717) is 0 Å². The van der Waals surface area contributed by atoms with E-state index in [2.05, 4.69) is 5.32 Å². The fourth-order valence-electron chi connectivity index (χ4n) is 2.03. The smallest absolute Gasteiger partial charge is 0.345 e. The summed E-state index contributed by atoms with van der Waals surface area (Å²) >= 11 is 5.69. The Bertz CT molecular complexity index is 923. The molecule has 1 N–H and O–H groups in total. The zero-order chi connectivity index (χ0) is 19.3. The fourth-order valence-corrected chi connectivity index (χ4v) is 2.20. The van der Waals surface area contributed by atoms with Gasteiger partial charge in [-0.1, -0.05) is 23.7 Å². The van der Waals surface area contributed by atoms with E-state index in [1.165, 1.54) is 25.1 Å². The largest absolute Gasteiger partial charge is 0.449 e. The molecule has 9 heteroatoms. The molecule has 0 aromatic heterocycles. The van der Waals surface area contributed by atoms with Gasteiger partial charge in [-0.25, -0.2) is 4.79 Å². The number of carbonyl (C=O) groups excluding carboxylic acids is 2. The summed E-state index contributed by atoms with van der Waals surface area (Å²) in [6, 6.07) is 11.7. The normalized spacial score (nSPS) is 11.1. The number of ether oxygens (including phenoxy) is 1. The van der Waals surface area contributed by atoms with Gasteiger partial charge >= 0.3 is 5.97 Å². The van der Waals surface area contributed by atoms with Crippen LogP contribution >= 0.6 is 11.6 Å². The molecular weight excluding hydrogens is 362 g/mol. The molecule has 1 unspecified atom stereocenters. The minimum absolute atomic E-state index is 0.0900. The Hall–Kier alpha value is -3.44. The van der Waals surface area contributed by atoms with Crippen molar-refractivity contribution in [3.63, 3.8) is 0 Å². The first kappa shape index (κ1) is 18.9. The first-order valence-corrected chi connectivity index (χ1v) is 7.66. The number of nitrogens with one attached hydrogen (secondary N) is 1. The molecule has 0 bridgehead atoms. The molecule has 0 saturated heterocycles. The number of hydrogen-bond donors (Lipinski definition) is 1. The second-order valence-electron chi connectivity index (χ2n) is 5.11. The Kier molecular flexibility index (Phi) is 5.88. The first-order chi connectivity index (χ1) is 12.3. The minimum Gasteiger partial charge on any atom is -0.449 e. The number of esters is 1. The van der Waals surface area contributed by atoms with Gasteiger partial charge in [-0.05, 0) is 31.2 Å². The lowest BCUT2D eigenvalue weighted by Gasteiger charge is -2.14. The predicted molar refractivity (Wildman–Crippen MR) is 92.8 cm³/mol. The predicted octanol–water partition coefficient (Wildman–Crippen LogP) is 3.30. The number of nitro benzene ring substituents is 1. The summed E-state index contributed by atoms with van der Waals surface area (Å²) in [5.74, 6) is -1.72. The van der Waals surface area contributed by atoms with Crippen molar-refractivity contribution in [3.05, 3.63) is 68.7 Å². The maximum absolute atomic E-state index is 12.2. The molecule has 0 saturated carbocycles. The van der Waals surface area contributed by atoms with Gasteiger partial charge in [0.25, 0.3) is 11.6 Å². The van der Waals surface area contributed by atoms with E-state index in [9.17, 15) is 19.7 Å². The van der Waals surface area contributed by atoms with E-state index in [-0.39, 0.29) is 21.8 Å². The summed E-state index contributed by atoms with van der Waals surface area (Å²) in [4.78, 5) is 34.6. The number of nitro groups is 1. The molecule has 2 aromatic carbocycles. The van der Waals surface area contributed by atoms with Gasteiger partial charge in [-0.15, -0.1) is 0 Å². The monoisotopic (exact) mass is 373 g/mol. The minimum atomic E-state index is -1.25. The van der Waals surface area contributed by atoms with Gasteiger partial charge in [-0.3, -0.25) is 14.9 Å². The van der Waals surface area contributed by atoms with Crippen LogP contribution in [0.2, 0.25) is 5.02 Å². The molecule has 1 amide bonds. The molecular formula is C17H12ClN3O5. The van der Waals surface area contributed by atoms with Crippen LogP contribution in [0.1, 0.15) is 22.8 Å². The number of nitriles is 1. The Balaban J connectivity index is 2.13. The molecule has 0 aliphatic heterocycles. The highest BCUT2D eigenvalue weighted by Gasteiger charge is 2.26. The van der Waals surface area contributed by atoms with Crippen molar-refractivity contribution in [3.8, 4) is 6.07 Å². The van der Waals surface area contributed by atoms with Crippen molar-refractivity contribution >= 4 is 34.9 Å². The average molecular weight is 374 g/mol. The Morgan fingerprint density at radius 1 is 1.31 bits per heavy atom. The summed E-state index contributed by atoms with van der Waals surface area (Å²) < 4.78 is 4.99. The Morgan fingerprint density at radius 3 is 2.65 bits per heavy atom. The Morgan fingerprint density at radius 2 is 2.00 bits per heavy atom. The number of halogens is 1. The molecule has 0 spiro atoms. The number of nitrogens with zero attached hydrogens (tertiary/aromatic N) is 2. The molecule has 0 fully saturated rings. The zero-order valence-electron chi connectivity index (χ0n) is 13.4. The van der Waals surface area contributed by atoms with Crippen molar-refractivity contribution in [1.82, 2.24) is 0 Å². The summed E-state index contributed by atoms with van der Waals surface area (Å²) in [5.41, 5.74) is -0.338. The maximum atomic E-state index is 12.2. The quantitative estimate of drug-likeness (QED) is 0.487. The third kappa shape index (κ3) is 4.34. The standard InChI is InChI=1S/C17H12ClN3O5/c1-10(16(22)20-14-5-3-2-4-11(14)9-19)26-17(23)13-7-6-12(18)8-15(13)21(24)25/h2-8,10H,1H3,(H,20,22). The molecule has 2 aromatic rings. The number of rotatable bonds is 5. The number of hydrogen-bond acceptors (Lipinski definition) is 6. The van der Waals surface area contributed by atoms with Crippen molar-refractivity contribution in [2.45, 2.75) is 13.0 Å². The third-order valence-corrected chi connectivity index (χ3v) is 3.57. The van der Waals surface area contributed by atoms with Crippen LogP contribution in [0.4, 0.5) is 11.4 Å². The van der Waals surface area contributed by atoms with Gasteiger partial charge in [0, 0.05) is 11.1 Å². The lowest BCUT2D eigenvalue weighted by molar-refractivity contribution is -0.385. The van der Waals surface area contributed by atoms with Crippen LogP contribution in [0.15, 0.2) is 42.5 Å². The van der Waals surface area contributed by atoms with E-state index in [0.717, 1.165) is 12.1 Å². The SMILES string of the molecule is CC(OC(=O)c1ccc(Cl)cc1[N+](=O)[O-])C(=O)Nc1ccccc1C#N. The highest BCUT2D eigenvalue weighted by atomic mass is 35.5. The lowest BCUT2D eigenvalue weighted by atomic mass is 10.2. The average Bonchev–Trinajstić information content (AvgIpc) is 2.61. The molecule has 0 aliphatic rings. The molecule has 26 heavy (non-hydrogen) atoms. The van der Waals surface area contributed by atoms with E-state index >= 15 is 0 Å². The van der Waals surface area contributed by atoms with Crippen LogP contribution in [0, 0.1) is 21.4 Å². The number of para-hydroxylation sites is 1. The molecule has 0 aliphatic carbocycles. The van der Waals surface area contributed by atoms with Crippen LogP contribution in [-0.4, -0.2) is 22.9 Å². The number of carbonyl (C=O) groups is 2. The molecule has 132 valence electrons. The lowest BCUT2D eigenvalue weighted by Crippen LogP contribution is -2.30. The van der Waals surface area contributed by atoms with Crippen LogP contribution < -0.4 is 5.32 Å². The van der Waals surface area contributed by atoms with E-state index in [4.69, 9.17) is 21.6 Å². The van der Waals surface area contributed by atoms with Crippen LogP contribution in [0.3, 0.4) is 0 Å². The summed E-state index contributed by atoms with van der Waals surface area (Å²) in [6.07, 6.45) is -1.25. The molecule has 2 rings (SSSR count). The van der Waals surface area contributed by atoms with Gasteiger partial charge in [0.2, 0.25) is 0 Å². The van der Waals surface area contributed by atoms with Crippen molar-refractivity contribution in [2.24, 2.45) is 0 Å². The molecule has 1 atom stereocenters. The molecule has 0 heterocycles. The highest BCUT2D eigenvalue weighted by Crippen LogP contribution is 2.24. The van der Waals surface area contributed by atoms with Crippen LogP contribution in [-0.2, 0) is 9.53 Å². The zero-order valence-corrected chi connectivity index (χ0v) is 14.2. The van der Waals surface area contributed by atoms with Gasteiger partial charge < -0.3 is 10.1 Å². The Labute approximate surface area is 153 Å². The molecule has 8 nitrogen and oxygen atoms in total. The number of anilines is 1. The highest BCUT2D eigenvalue weighted by molar-refractivity contribution is 6.31. The van der Waals surface area contributed by atoms with E-state index in [1.807, 2.05) is 6.07 Å². The first-order valence-electron chi connectivity index (χ1n) is 7.28. The van der Waals surface area contributed by atoms with E-state index < -0.39 is 28.6 Å². The third-order valence-electron chi connectivity index (χ3n) is 3.33. The van der Waals surface area contributed by atoms with Crippen molar-refractivity contribution < 1.29 is 19.2 Å². The fraction of sp³-hybridized carbons (Fsp3) is 0.118. The van der Waals surface area contributed by atoms with Gasteiger partial charge in [0.1, 0.15) is 11.6 Å². The van der Waals surface area contributed by atoms with Gasteiger partial charge in [-0.2, -0.15) is 5.26 Å². The summed E-state index contributed by atoms with van der Waals surface area (Å²) in [5, 5.41) is 22.6. The van der Waals surface area contributed by atoms with E-state index in [1.54, 1.807) is 12.1 Å². The van der Waals surface area contributed by atoms with Crippen molar-refractivity contribution in [2.75, 3.05) is 5.32 Å². The maximum Gasteiger partial charge on any atom is 0.345 e.